The lowest BCUT2D eigenvalue weighted by Crippen LogP contribution is -1.95. The van der Waals surface area contributed by atoms with Crippen LogP contribution in [0.25, 0.3) is 5.65 Å². The predicted molar refractivity (Wildman–Crippen MR) is 75.3 cm³/mol. The third-order valence-corrected chi connectivity index (χ3v) is 3.38. The Morgan fingerprint density at radius 3 is 2.79 bits per heavy atom. The fraction of sp³-hybridized carbons (Fsp3) is 0.0714. The zero-order chi connectivity index (χ0) is 13.2. The van der Waals surface area contributed by atoms with E-state index >= 15 is 0 Å². The monoisotopic (exact) mass is 318 g/mol. The number of para-hydroxylation sites is 2. The molecule has 1 aromatic carbocycles. The van der Waals surface area contributed by atoms with Gasteiger partial charge in [0.1, 0.15) is 12.3 Å². The molecule has 96 valence electrons. The molecule has 3 aromatic rings. The molecule has 0 radical (unpaired) electrons. The number of fused-ring (bicyclic) bond motifs is 1. The molecule has 0 aliphatic rings. The minimum atomic E-state index is 0.132. The molecule has 0 aliphatic heterocycles. The van der Waals surface area contributed by atoms with Crippen molar-refractivity contribution < 1.29 is 9.84 Å². The molecule has 0 aliphatic carbocycles. The second-order valence-corrected chi connectivity index (χ2v) is 4.88. The van der Waals surface area contributed by atoms with E-state index < -0.39 is 0 Å². The van der Waals surface area contributed by atoms with Crippen molar-refractivity contribution in [2.45, 2.75) is 6.61 Å². The average Bonchev–Trinajstić information content (AvgIpc) is 2.82. The van der Waals surface area contributed by atoms with Crippen LogP contribution in [0.4, 0.5) is 0 Å². The number of ether oxygens (including phenoxy) is 1. The molecule has 0 saturated heterocycles. The summed E-state index contributed by atoms with van der Waals surface area (Å²) in [6, 6.07) is 12.7. The number of pyridine rings is 1. The molecule has 0 atom stereocenters. The quantitative estimate of drug-likeness (QED) is 0.753. The van der Waals surface area contributed by atoms with Gasteiger partial charge in [0.15, 0.2) is 11.5 Å². The number of imidazole rings is 1. The Kier molecular flexibility index (Phi) is 3.13. The van der Waals surface area contributed by atoms with Gasteiger partial charge in [-0.05, 0) is 40.2 Å². The zero-order valence-electron chi connectivity index (χ0n) is 9.95. The van der Waals surface area contributed by atoms with Gasteiger partial charge in [-0.25, -0.2) is 4.98 Å². The number of hydrogen-bond acceptors (Lipinski definition) is 3. The summed E-state index contributed by atoms with van der Waals surface area (Å²) in [5, 5.41) is 9.61. The first kappa shape index (κ1) is 12.0. The molecular formula is C14H11BrN2O2. The number of aromatic nitrogens is 2. The van der Waals surface area contributed by atoms with Crippen LogP contribution in [-0.4, -0.2) is 14.5 Å². The van der Waals surface area contributed by atoms with Crippen molar-refractivity contribution in [3.8, 4) is 11.5 Å². The van der Waals surface area contributed by atoms with Crippen LogP contribution >= 0.6 is 15.9 Å². The summed E-state index contributed by atoms with van der Waals surface area (Å²) >= 11 is 3.46. The van der Waals surface area contributed by atoms with Crippen molar-refractivity contribution in [2.24, 2.45) is 0 Å². The highest BCUT2D eigenvalue weighted by atomic mass is 79.9. The molecule has 2 heterocycles. The first-order valence-electron chi connectivity index (χ1n) is 5.77. The van der Waals surface area contributed by atoms with Gasteiger partial charge < -0.3 is 9.84 Å². The van der Waals surface area contributed by atoms with Gasteiger partial charge in [-0.15, -0.1) is 0 Å². The topological polar surface area (TPSA) is 46.8 Å². The SMILES string of the molecule is Oc1ccccc1OCc1cn2c(Br)cccc2n1. The fourth-order valence-electron chi connectivity index (χ4n) is 1.83. The van der Waals surface area contributed by atoms with Crippen LogP contribution in [0.5, 0.6) is 11.5 Å². The number of rotatable bonds is 3. The molecule has 19 heavy (non-hydrogen) atoms. The van der Waals surface area contributed by atoms with E-state index in [0.717, 1.165) is 15.9 Å². The standard InChI is InChI=1S/C14H11BrN2O2/c15-13-6-3-7-14-16-10(8-17(13)14)9-19-12-5-2-1-4-11(12)18/h1-8,18H,9H2. The van der Waals surface area contributed by atoms with Crippen LogP contribution in [-0.2, 0) is 6.61 Å². The van der Waals surface area contributed by atoms with Crippen LogP contribution in [0.2, 0.25) is 0 Å². The van der Waals surface area contributed by atoms with E-state index in [-0.39, 0.29) is 5.75 Å². The van der Waals surface area contributed by atoms with Gasteiger partial charge in [0.2, 0.25) is 0 Å². The average molecular weight is 319 g/mol. The third kappa shape index (κ3) is 2.42. The summed E-state index contributed by atoms with van der Waals surface area (Å²) in [5.41, 5.74) is 1.65. The Hall–Kier alpha value is -2.01. The summed E-state index contributed by atoms with van der Waals surface area (Å²) < 4.78 is 8.42. The highest BCUT2D eigenvalue weighted by molar-refractivity contribution is 9.10. The number of phenols is 1. The summed E-state index contributed by atoms with van der Waals surface area (Å²) in [4.78, 5) is 4.44. The van der Waals surface area contributed by atoms with Gasteiger partial charge in [-0.1, -0.05) is 18.2 Å². The van der Waals surface area contributed by atoms with E-state index in [2.05, 4.69) is 20.9 Å². The van der Waals surface area contributed by atoms with E-state index in [4.69, 9.17) is 4.74 Å². The number of hydrogen-bond donors (Lipinski definition) is 1. The Bertz CT molecular complexity index is 724. The van der Waals surface area contributed by atoms with E-state index in [9.17, 15) is 5.11 Å². The minimum Gasteiger partial charge on any atom is -0.504 e. The Morgan fingerprint density at radius 1 is 1.16 bits per heavy atom. The molecule has 3 rings (SSSR count). The first-order valence-corrected chi connectivity index (χ1v) is 6.56. The van der Waals surface area contributed by atoms with E-state index in [0.29, 0.717) is 12.4 Å². The van der Waals surface area contributed by atoms with Crippen molar-refractivity contribution in [2.75, 3.05) is 0 Å². The van der Waals surface area contributed by atoms with Crippen LogP contribution in [0, 0.1) is 0 Å². The molecule has 1 N–H and O–H groups in total. The first-order chi connectivity index (χ1) is 9.24. The Labute approximate surface area is 118 Å². The molecule has 0 saturated carbocycles. The summed E-state index contributed by atoms with van der Waals surface area (Å²) in [7, 11) is 0. The second kappa shape index (κ2) is 4.93. The number of halogens is 1. The maximum atomic E-state index is 9.61. The molecule has 0 unspecified atom stereocenters. The number of benzene rings is 1. The van der Waals surface area contributed by atoms with Gasteiger partial charge in [0.05, 0.1) is 10.3 Å². The van der Waals surface area contributed by atoms with Gasteiger partial charge in [-0.2, -0.15) is 0 Å². The summed E-state index contributed by atoms with van der Waals surface area (Å²) in [5.74, 6) is 0.589. The molecule has 2 aromatic heterocycles. The molecule has 0 spiro atoms. The summed E-state index contributed by atoms with van der Waals surface area (Å²) in [6.45, 7) is 0.311. The normalized spacial score (nSPS) is 10.8. The van der Waals surface area contributed by atoms with Crippen LogP contribution < -0.4 is 4.74 Å². The molecule has 0 bridgehead atoms. The number of phenolic OH excluding ortho intramolecular Hbond substituents is 1. The van der Waals surface area contributed by atoms with Crippen molar-refractivity contribution in [1.29, 1.82) is 0 Å². The van der Waals surface area contributed by atoms with Gasteiger partial charge in [-0.3, -0.25) is 4.40 Å². The maximum Gasteiger partial charge on any atom is 0.161 e. The predicted octanol–water partition coefficient (Wildman–Crippen LogP) is 3.38. The van der Waals surface area contributed by atoms with E-state index in [1.54, 1.807) is 18.2 Å². The van der Waals surface area contributed by atoms with E-state index in [1.165, 1.54) is 0 Å². The maximum absolute atomic E-state index is 9.61. The largest absolute Gasteiger partial charge is 0.504 e. The number of nitrogens with zero attached hydrogens (tertiary/aromatic N) is 2. The lowest BCUT2D eigenvalue weighted by Gasteiger charge is -2.05. The van der Waals surface area contributed by atoms with E-state index in [1.807, 2.05) is 34.9 Å². The lowest BCUT2D eigenvalue weighted by atomic mass is 10.3. The zero-order valence-corrected chi connectivity index (χ0v) is 11.5. The van der Waals surface area contributed by atoms with Crippen LogP contribution in [0.3, 0.4) is 0 Å². The highest BCUT2D eigenvalue weighted by Gasteiger charge is 2.06. The van der Waals surface area contributed by atoms with Crippen molar-refractivity contribution in [3.63, 3.8) is 0 Å². The lowest BCUT2D eigenvalue weighted by molar-refractivity contribution is 0.285. The van der Waals surface area contributed by atoms with Crippen LogP contribution in [0.15, 0.2) is 53.3 Å². The molecular weight excluding hydrogens is 308 g/mol. The van der Waals surface area contributed by atoms with Crippen molar-refractivity contribution in [3.05, 3.63) is 59.0 Å². The minimum absolute atomic E-state index is 0.132. The number of aromatic hydroxyl groups is 1. The molecule has 0 fully saturated rings. The Balaban J connectivity index is 1.83. The fourth-order valence-corrected chi connectivity index (χ4v) is 2.26. The second-order valence-electron chi connectivity index (χ2n) is 4.07. The third-order valence-electron chi connectivity index (χ3n) is 2.73. The molecule has 0 amide bonds. The summed E-state index contributed by atoms with van der Waals surface area (Å²) in [6.07, 6.45) is 1.90. The van der Waals surface area contributed by atoms with Gasteiger partial charge in [0, 0.05) is 6.20 Å². The van der Waals surface area contributed by atoms with Gasteiger partial charge in [0.25, 0.3) is 0 Å². The van der Waals surface area contributed by atoms with Crippen molar-refractivity contribution >= 4 is 21.6 Å². The molecule has 4 nitrogen and oxygen atoms in total. The van der Waals surface area contributed by atoms with Gasteiger partial charge >= 0.3 is 0 Å². The van der Waals surface area contributed by atoms with Crippen molar-refractivity contribution in [1.82, 2.24) is 9.38 Å². The smallest absolute Gasteiger partial charge is 0.161 e. The molecule has 5 heteroatoms. The Morgan fingerprint density at radius 2 is 2.00 bits per heavy atom. The highest BCUT2D eigenvalue weighted by Crippen LogP contribution is 2.25. The van der Waals surface area contributed by atoms with Crippen LogP contribution in [0.1, 0.15) is 5.69 Å².